The summed E-state index contributed by atoms with van der Waals surface area (Å²) in [4.78, 5) is 16.8. The highest BCUT2D eigenvalue weighted by Crippen LogP contribution is 2.55. The number of likely N-dealkylation sites (N-methyl/N-ethyl adjacent to an activating group) is 1. The molecule has 1 unspecified atom stereocenters. The number of carbonyl (C=O) groups excluding carboxylic acids is 1. The van der Waals surface area contributed by atoms with Gasteiger partial charge in [-0.3, -0.25) is 4.79 Å². The maximum atomic E-state index is 14.9. The second kappa shape index (κ2) is 12.1. The topological polar surface area (TPSA) is 98.2 Å². The van der Waals surface area contributed by atoms with Crippen molar-refractivity contribution in [2.75, 3.05) is 20.2 Å². The van der Waals surface area contributed by atoms with Gasteiger partial charge in [0.25, 0.3) is 0 Å². The smallest absolute Gasteiger partial charge is 0.229 e. The van der Waals surface area contributed by atoms with Gasteiger partial charge in [0, 0.05) is 35.6 Å². The highest BCUT2D eigenvalue weighted by atomic mass is 35.5. The van der Waals surface area contributed by atoms with Gasteiger partial charge in [0.1, 0.15) is 0 Å². The maximum absolute atomic E-state index is 14.9. The Morgan fingerprint density at radius 1 is 1.05 bits per heavy atom. The van der Waals surface area contributed by atoms with E-state index in [1.807, 2.05) is 60.4 Å². The molecule has 0 bridgehead atoms. The van der Waals surface area contributed by atoms with Crippen LogP contribution in [0, 0.1) is 11.3 Å². The first-order chi connectivity index (χ1) is 19.5. The fourth-order valence-electron chi connectivity index (χ4n) is 6.72. The van der Waals surface area contributed by atoms with E-state index in [-0.39, 0.29) is 42.0 Å². The minimum absolute atomic E-state index is 0.0974. The predicted octanol–water partition coefficient (Wildman–Crippen LogP) is 5.39. The minimum atomic E-state index is -3.45. The van der Waals surface area contributed by atoms with Gasteiger partial charge in [-0.05, 0) is 86.3 Å². The van der Waals surface area contributed by atoms with Gasteiger partial charge in [0.05, 0.1) is 29.4 Å². The Kier molecular flexibility index (Phi) is 9.11. The molecule has 5 atom stereocenters. The van der Waals surface area contributed by atoms with Crippen molar-refractivity contribution >= 4 is 39.1 Å². The van der Waals surface area contributed by atoms with E-state index in [2.05, 4.69) is 0 Å². The number of likely N-dealkylation sites (tertiary alicyclic amines) is 1. The number of hydrogen-bond acceptors (Lipinski definition) is 5. The van der Waals surface area contributed by atoms with Crippen molar-refractivity contribution in [1.82, 2.24) is 9.21 Å². The van der Waals surface area contributed by atoms with Crippen molar-refractivity contribution in [3.05, 3.63) is 69.7 Å². The van der Waals surface area contributed by atoms with Crippen LogP contribution in [0.4, 0.5) is 0 Å². The lowest BCUT2D eigenvalue weighted by atomic mass is 9.64. The molecule has 3 fully saturated rings. The number of rotatable bonds is 12. The molecular weight excluding hydrogens is 583 g/mol. The van der Waals surface area contributed by atoms with E-state index >= 15 is 0 Å². The Morgan fingerprint density at radius 3 is 2.29 bits per heavy atom. The van der Waals surface area contributed by atoms with E-state index in [4.69, 9.17) is 23.2 Å². The Balaban J connectivity index is 1.67. The summed E-state index contributed by atoms with van der Waals surface area (Å²) in [6.07, 6.45) is 3.17. The number of sulfonamides is 1. The molecule has 41 heavy (non-hydrogen) atoms. The van der Waals surface area contributed by atoms with Crippen LogP contribution in [-0.4, -0.2) is 71.3 Å². The zero-order valence-electron chi connectivity index (χ0n) is 23.6. The van der Waals surface area contributed by atoms with Crippen LogP contribution < -0.4 is 0 Å². The van der Waals surface area contributed by atoms with E-state index in [0.717, 1.165) is 24.0 Å². The number of carbonyl (C=O) groups is 1. The summed E-state index contributed by atoms with van der Waals surface area (Å²) >= 11 is 12.8. The molecule has 2 aliphatic carbocycles. The third kappa shape index (κ3) is 6.34. The Hall–Kier alpha value is -1.68. The standard InChI is InChI=1S/C31H40Cl2N2O5S/c1-3-31(16-25(37)19-36)17-27(22-5-4-6-24(33)15-22)29(21-9-11-23(32)12-10-21)35(30(31)38)28(20-7-8-20)18-34(2)41(39,40)26-13-14-26/h4-6,9-12,15,20,25-29,36-37H,3,7-8,13-14,16-19H2,1-2H3/t25?,27-,28-,29-,31+/m1/s1. The summed E-state index contributed by atoms with van der Waals surface area (Å²) in [6.45, 7) is 1.73. The summed E-state index contributed by atoms with van der Waals surface area (Å²) in [7, 11) is -1.82. The molecule has 0 spiro atoms. The molecule has 2 N–H and O–H groups in total. The fraction of sp³-hybridized carbons (Fsp3) is 0.581. The number of aliphatic hydroxyl groups is 2. The monoisotopic (exact) mass is 622 g/mol. The number of aliphatic hydroxyl groups excluding tert-OH is 2. The number of hydrogen-bond donors (Lipinski definition) is 2. The molecule has 0 aromatic heterocycles. The lowest BCUT2D eigenvalue weighted by Gasteiger charge is -2.54. The summed E-state index contributed by atoms with van der Waals surface area (Å²) < 4.78 is 28.0. The molecule has 1 aliphatic heterocycles. The number of piperidine rings is 1. The molecular formula is C31H40Cl2N2O5S. The Bertz CT molecular complexity index is 1350. The van der Waals surface area contributed by atoms with E-state index < -0.39 is 34.2 Å². The third-order valence-corrected chi connectivity index (χ3v) is 12.1. The second-order valence-electron chi connectivity index (χ2n) is 12.2. The van der Waals surface area contributed by atoms with Crippen LogP contribution in [0.2, 0.25) is 10.0 Å². The first-order valence-electron chi connectivity index (χ1n) is 14.6. The average molecular weight is 624 g/mol. The van der Waals surface area contributed by atoms with Crippen molar-refractivity contribution in [3.8, 4) is 0 Å². The van der Waals surface area contributed by atoms with Crippen LogP contribution >= 0.6 is 23.2 Å². The van der Waals surface area contributed by atoms with Gasteiger partial charge in [0.15, 0.2) is 0 Å². The normalized spacial score (nSPS) is 26.8. The largest absolute Gasteiger partial charge is 0.394 e. The van der Waals surface area contributed by atoms with Crippen LogP contribution in [0.5, 0.6) is 0 Å². The zero-order chi connectivity index (χ0) is 29.5. The van der Waals surface area contributed by atoms with Crippen molar-refractivity contribution in [2.24, 2.45) is 11.3 Å². The van der Waals surface area contributed by atoms with Crippen molar-refractivity contribution in [1.29, 1.82) is 0 Å². The van der Waals surface area contributed by atoms with Crippen LogP contribution in [0.25, 0.3) is 0 Å². The summed E-state index contributed by atoms with van der Waals surface area (Å²) in [5.74, 6) is -0.120. The molecule has 1 amide bonds. The maximum Gasteiger partial charge on any atom is 0.229 e. The summed E-state index contributed by atoms with van der Waals surface area (Å²) in [6, 6.07) is 14.5. The molecule has 224 valence electrons. The molecule has 5 rings (SSSR count). The lowest BCUT2D eigenvalue weighted by molar-refractivity contribution is -0.160. The quantitative estimate of drug-likeness (QED) is 0.331. The molecule has 2 aromatic carbocycles. The highest BCUT2D eigenvalue weighted by molar-refractivity contribution is 7.90. The van der Waals surface area contributed by atoms with E-state index in [1.54, 1.807) is 7.05 Å². The van der Waals surface area contributed by atoms with Crippen molar-refractivity contribution in [2.45, 2.75) is 81.2 Å². The zero-order valence-corrected chi connectivity index (χ0v) is 26.0. The van der Waals surface area contributed by atoms with Crippen LogP contribution in [0.15, 0.2) is 48.5 Å². The van der Waals surface area contributed by atoms with E-state index in [1.165, 1.54) is 4.31 Å². The number of benzene rings is 2. The fourth-order valence-corrected chi connectivity index (χ4v) is 8.65. The highest BCUT2D eigenvalue weighted by Gasteiger charge is 2.56. The first-order valence-corrected chi connectivity index (χ1v) is 16.8. The van der Waals surface area contributed by atoms with Crippen molar-refractivity contribution < 1.29 is 23.4 Å². The van der Waals surface area contributed by atoms with Gasteiger partial charge in [-0.25, -0.2) is 12.7 Å². The van der Waals surface area contributed by atoms with Gasteiger partial charge in [-0.2, -0.15) is 0 Å². The number of amides is 1. The predicted molar refractivity (Wildman–Crippen MR) is 161 cm³/mol. The molecule has 10 heteroatoms. The SMILES string of the molecule is CC[C@]1(CC(O)CO)C[C@H](c2cccc(Cl)c2)[C@@H](c2ccc(Cl)cc2)N([C@H](CN(C)S(=O)(=O)C2CC2)C2CC2)C1=O. The van der Waals surface area contributed by atoms with Crippen LogP contribution in [0.3, 0.4) is 0 Å². The third-order valence-electron chi connectivity index (χ3n) is 9.33. The molecule has 1 saturated heterocycles. The second-order valence-corrected chi connectivity index (χ2v) is 15.4. The Labute approximate surface area is 253 Å². The molecule has 2 saturated carbocycles. The van der Waals surface area contributed by atoms with Crippen LogP contribution in [0.1, 0.15) is 75.0 Å². The molecule has 3 aliphatic rings. The van der Waals surface area contributed by atoms with Gasteiger partial charge < -0.3 is 15.1 Å². The lowest BCUT2D eigenvalue weighted by Crippen LogP contribution is -2.60. The molecule has 0 radical (unpaired) electrons. The van der Waals surface area contributed by atoms with Crippen LogP contribution in [-0.2, 0) is 14.8 Å². The van der Waals surface area contributed by atoms with E-state index in [0.29, 0.717) is 35.7 Å². The van der Waals surface area contributed by atoms with E-state index in [9.17, 15) is 23.4 Å². The van der Waals surface area contributed by atoms with Gasteiger partial charge >= 0.3 is 0 Å². The van der Waals surface area contributed by atoms with Crippen molar-refractivity contribution in [3.63, 3.8) is 0 Å². The number of halogens is 2. The molecule has 7 nitrogen and oxygen atoms in total. The average Bonchev–Trinajstić information content (AvgIpc) is 3.86. The minimum Gasteiger partial charge on any atom is -0.394 e. The summed E-state index contributed by atoms with van der Waals surface area (Å²) in [5, 5.41) is 21.3. The van der Waals surface area contributed by atoms with Gasteiger partial charge in [0.2, 0.25) is 15.9 Å². The number of nitrogens with zero attached hydrogens (tertiary/aromatic N) is 2. The summed E-state index contributed by atoms with van der Waals surface area (Å²) in [5.41, 5.74) is 0.942. The Morgan fingerprint density at radius 2 is 1.73 bits per heavy atom. The molecule has 2 aromatic rings. The first kappa shape index (κ1) is 30.8. The molecule has 1 heterocycles. The van der Waals surface area contributed by atoms with Gasteiger partial charge in [-0.1, -0.05) is 54.4 Å². The van der Waals surface area contributed by atoms with Gasteiger partial charge in [-0.15, -0.1) is 0 Å².